The fourth-order valence-corrected chi connectivity index (χ4v) is 3.00. The molecule has 6 heteroatoms. The van der Waals surface area contributed by atoms with Gasteiger partial charge in [-0.3, -0.25) is 0 Å². The minimum absolute atomic E-state index is 0.0446. The highest BCUT2D eigenvalue weighted by molar-refractivity contribution is 5.91. The van der Waals surface area contributed by atoms with Gasteiger partial charge in [0.2, 0.25) is 0 Å². The van der Waals surface area contributed by atoms with Crippen LogP contribution in [0, 0.1) is 12.8 Å². The third kappa shape index (κ3) is 3.22. The van der Waals surface area contributed by atoms with Gasteiger partial charge in [0.1, 0.15) is 5.52 Å². The monoisotopic (exact) mass is 302 g/mol. The maximum absolute atomic E-state index is 12.3. The number of carbonyl (C=O) groups excluding carboxylic acids is 1. The van der Waals surface area contributed by atoms with Crippen molar-refractivity contribution in [2.75, 3.05) is 39.0 Å². The van der Waals surface area contributed by atoms with E-state index < -0.39 is 0 Å². The number of oxazole rings is 1. The fourth-order valence-electron chi connectivity index (χ4n) is 3.00. The highest BCUT2D eigenvalue weighted by Gasteiger charge is 2.26. The number of amides is 2. The number of benzene rings is 1. The normalized spacial score (nSPS) is 18.4. The van der Waals surface area contributed by atoms with E-state index in [9.17, 15) is 4.79 Å². The molecule has 1 saturated heterocycles. The Balaban J connectivity index is 1.63. The molecular weight excluding hydrogens is 280 g/mol. The van der Waals surface area contributed by atoms with Crippen molar-refractivity contribution in [2.24, 2.45) is 5.92 Å². The number of nitrogens with one attached hydrogen (secondary N) is 1. The van der Waals surface area contributed by atoms with Crippen LogP contribution < -0.4 is 5.32 Å². The van der Waals surface area contributed by atoms with Crippen molar-refractivity contribution in [1.82, 2.24) is 14.8 Å². The summed E-state index contributed by atoms with van der Waals surface area (Å²) in [6, 6.07) is 5.49. The van der Waals surface area contributed by atoms with Gasteiger partial charge in [-0.25, -0.2) is 9.78 Å². The Labute approximate surface area is 130 Å². The molecule has 1 unspecified atom stereocenters. The molecule has 1 aliphatic rings. The van der Waals surface area contributed by atoms with Gasteiger partial charge >= 0.3 is 6.03 Å². The van der Waals surface area contributed by atoms with Crippen LogP contribution in [0.3, 0.4) is 0 Å². The van der Waals surface area contributed by atoms with Crippen LogP contribution >= 0.6 is 0 Å². The van der Waals surface area contributed by atoms with E-state index in [2.05, 4.69) is 29.3 Å². The molecule has 6 nitrogen and oxygen atoms in total. The molecule has 1 fully saturated rings. The first-order valence-electron chi connectivity index (χ1n) is 7.59. The van der Waals surface area contributed by atoms with E-state index >= 15 is 0 Å². The van der Waals surface area contributed by atoms with Gasteiger partial charge in [0.05, 0.1) is 0 Å². The fraction of sp³-hybridized carbons (Fsp3) is 0.500. The van der Waals surface area contributed by atoms with Crippen molar-refractivity contribution in [3.8, 4) is 0 Å². The van der Waals surface area contributed by atoms with E-state index in [1.54, 1.807) is 0 Å². The number of likely N-dealkylation sites (tertiary alicyclic amines) is 1. The molecule has 1 aliphatic heterocycles. The average molecular weight is 302 g/mol. The van der Waals surface area contributed by atoms with Gasteiger partial charge in [0.15, 0.2) is 11.5 Å². The smallest absolute Gasteiger partial charge is 0.321 e. The maximum Gasteiger partial charge on any atom is 0.321 e. The van der Waals surface area contributed by atoms with Crippen LogP contribution in [0.15, 0.2) is 22.6 Å². The van der Waals surface area contributed by atoms with E-state index in [-0.39, 0.29) is 6.03 Å². The second kappa shape index (κ2) is 5.96. The number of fused-ring (bicyclic) bond motifs is 1. The number of aromatic nitrogens is 1. The highest BCUT2D eigenvalue weighted by atomic mass is 16.3. The molecule has 0 bridgehead atoms. The summed E-state index contributed by atoms with van der Waals surface area (Å²) in [5, 5.41) is 2.94. The number of urea groups is 1. The number of hydrogen-bond donors (Lipinski definition) is 1. The summed E-state index contributed by atoms with van der Waals surface area (Å²) in [4.78, 5) is 20.6. The lowest BCUT2D eigenvalue weighted by molar-refractivity contribution is 0.219. The van der Waals surface area contributed by atoms with Crippen molar-refractivity contribution in [1.29, 1.82) is 0 Å². The van der Waals surface area contributed by atoms with Crippen LogP contribution in [-0.2, 0) is 0 Å². The number of hydrogen-bond acceptors (Lipinski definition) is 4. The Hall–Kier alpha value is -2.08. The molecule has 1 aromatic carbocycles. The third-order valence-electron chi connectivity index (χ3n) is 3.94. The number of rotatable bonds is 3. The lowest BCUT2D eigenvalue weighted by Crippen LogP contribution is -2.34. The largest absolute Gasteiger partial charge is 0.441 e. The van der Waals surface area contributed by atoms with Gasteiger partial charge in [-0.05, 0) is 38.6 Å². The molecule has 0 aliphatic carbocycles. The zero-order chi connectivity index (χ0) is 15.7. The summed E-state index contributed by atoms with van der Waals surface area (Å²) in [5.74, 6) is 1.18. The van der Waals surface area contributed by atoms with Crippen molar-refractivity contribution in [2.45, 2.75) is 13.3 Å². The Kier molecular flexibility index (Phi) is 4.02. The van der Waals surface area contributed by atoms with Gasteiger partial charge in [-0.15, -0.1) is 0 Å². The minimum Gasteiger partial charge on any atom is -0.441 e. The van der Waals surface area contributed by atoms with E-state index in [0.717, 1.165) is 37.3 Å². The summed E-state index contributed by atoms with van der Waals surface area (Å²) >= 11 is 0. The van der Waals surface area contributed by atoms with Crippen LogP contribution in [0.5, 0.6) is 0 Å². The highest BCUT2D eigenvalue weighted by Crippen LogP contribution is 2.22. The molecular formula is C16H22N4O2. The molecule has 2 amide bonds. The predicted octanol–water partition coefficient (Wildman–Crippen LogP) is 2.55. The summed E-state index contributed by atoms with van der Waals surface area (Å²) in [6.45, 7) is 4.46. The molecule has 1 aromatic heterocycles. The van der Waals surface area contributed by atoms with Crippen LogP contribution in [0.1, 0.15) is 12.3 Å². The Morgan fingerprint density at radius 3 is 3.09 bits per heavy atom. The molecule has 2 aromatic rings. The van der Waals surface area contributed by atoms with Gasteiger partial charge in [0, 0.05) is 38.3 Å². The second-order valence-electron chi connectivity index (χ2n) is 6.21. The van der Waals surface area contributed by atoms with Crippen LogP contribution in [-0.4, -0.2) is 54.5 Å². The first kappa shape index (κ1) is 14.8. The predicted molar refractivity (Wildman–Crippen MR) is 86.0 cm³/mol. The topological polar surface area (TPSA) is 61.6 Å². The Morgan fingerprint density at radius 2 is 2.32 bits per heavy atom. The Bertz CT molecular complexity index is 680. The van der Waals surface area contributed by atoms with Gasteiger partial charge in [-0.2, -0.15) is 0 Å². The van der Waals surface area contributed by atoms with E-state index in [1.165, 1.54) is 0 Å². The molecule has 3 rings (SSSR count). The van der Waals surface area contributed by atoms with E-state index in [4.69, 9.17) is 4.42 Å². The maximum atomic E-state index is 12.3. The number of aryl methyl sites for hydroxylation is 1. The molecule has 22 heavy (non-hydrogen) atoms. The second-order valence-corrected chi connectivity index (χ2v) is 6.21. The molecule has 1 N–H and O–H groups in total. The zero-order valence-corrected chi connectivity index (χ0v) is 13.3. The van der Waals surface area contributed by atoms with Crippen LogP contribution in [0.25, 0.3) is 11.1 Å². The summed E-state index contributed by atoms with van der Waals surface area (Å²) in [5.41, 5.74) is 2.25. The summed E-state index contributed by atoms with van der Waals surface area (Å²) < 4.78 is 5.49. The lowest BCUT2D eigenvalue weighted by atomic mass is 10.1. The molecule has 118 valence electrons. The first-order chi connectivity index (χ1) is 10.5. The van der Waals surface area contributed by atoms with E-state index in [0.29, 0.717) is 17.4 Å². The zero-order valence-electron chi connectivity index (χ0n) is 13.3. The molecule has 1 atom stereocenters. The quantitative estimate of drug-likeness (QED) is 0.946. The van der Waals surface area contributed by atoms with Gasteiger partial charge < -0.3 is 19.5 Å². The molecule has 0 spiro atoms. The van der Waals surface area contributed by atoms with Gasteiger partial charge in [-0.1, -0.05) is 0 Å². The van der Waals surface area contributed by atoms with Crippen LogP contribution in [0.4, 0.5) is 10.5 Å². The van der Waals surface area contributed by atoms with Crippen molar-refractivity contribution in [3.63, 3.8) is 0 Å². The number of carbonyl (C=O) groups is 1. The van der Waals surface area contributed by atoms with Crippen molar-refractivity contribution in [3.05, 3.63) is 24.1 Å². The Morgan fingerprint density at radius 1 is 1.50 bits per heavy atom. The summed E-state index contributed by atoms with van der Waals surface area (Å²) in [6.07, 6.45) is 1.06. The first-order valence-corrected chi connectivity index (χ1v) is 7.59. The van der Waals surface area contributed by atoms with Gasteiger partial charge in [0.25, 0.3) is 0 Å². The molecule has 0 saturated carbocycles. The number of nitrogens with zero attached hydrogens (tertiary/aromatic N) is 3. The lowest BCUT2D eigenvalue weighted by Gasteiger charge is -2.19. The molecule has 0 radical (unpaired) electrons. The average Bonchev–Trinajstić information content (AvgIpc) is 3.03. The number of anilines is 1. The third-order valence-corrected chi connectivity index (χ3v) is 3.94. The minimum atomic E-state index is -0.0446. The van der Waals surface area contributed by atoms with Crippen molar-refractivity contribution >= 4 is 22.8 Å². The molecule has 2 heterocycles. The van der Waals surface area contributed by atoms with E-state index in [1.807, 2.05) is 30.0 Å². The summed E-state index contributed by atoms with van der Waals surface area (Å²) in [7, 11) is 4.13. The van der Waals surface area contributed by atoms with Crippen LogP contribution in [0.2, 0.25) is 0 Å². The standard InChI is InChI=1S/C16H22N4O2/c1-11-17-14-5-4-13(8-15(14)22-11)18-16(21)20-7-6-12(10-20)9-19(2)3/h4-5,8,12H,6-7,9-10H2,1-3H3,(H,18,21). The SMILES string of the molecule is Cc1nc2ccc(NC(=O)N3CCC(CN(C)C)C3)cc2o1. The van der Waals surface area contributed by atoms with Crippen molar-refractivity contribution < 1.29 is 9.21 Å².